The molecule has 0 aromatic heterocycles. The van der Waals surface area contributed by atoms with E-state index in [0.29, 0.717) is 12.1 Å². The lowest BCUT2D eigenvalue weighted by molar-refractivity contribution is 0.239. The van der Waals surface area contributed by atoms with E-state index in [2.05, 4.69) is 9.89 Å². The molecule has 1 rings (SSSR count). The Balaban J connectivity index is 2.56. The van der Waals surface area contributed by atoms with Gasteiger partial charge in [-0.3, -0.25) is 10.0 Å². The molecule has 5 nitrogen and oxygen atoms in total. The van der Waals surface area contributed by atoms with Crippen LogP contribution in [0.5, 0.6) is 0 Å². The fourth-order valence-corrected chi connectivity index (χ4v) is 2.22. The molecule has 0 aromatic carbocycles. The van der Waals surface area contributed by atoms with Crippen molar-refractivity contribution >= 4 is 5.96 Å². The third-order valence-electron chi connectivity index (χ3n) is 3.12. The molecule has 1 saturated carbocycles. The SMILES string of the molecule is CN=C(N(C)N)N(C)[C@H]1CC[C@@H](N)CC1. The van der Waals surface area contributed by atoms with Gasteiger partial charge in [0.1, 0.15) is 0 Å². The summed E-state index contributed by atoms with van der Waals surface area (Å²) < 4.78 is 0. The first-order chi connectivity index (χ1) is 7.06. The first-order valence-electron chi connectivity index (χ1n) is 5.50. The van der Waals surface area contributed by atoms with Gasteiger partial charge in [0, 0.05) is 33.2 Å². The van der Waals surface area contributed by atoms with Crippen LogP contribution in [0.25, 0.3) is 0 Å². The Morgan fingerprint density at radius 2 is 1.73 bits per heavy atom. The molecule has 0 saturated heterocycles. The second-order valence-corrected chi connectivity index (χ2v) is 4.31. The molecule has 0 radical (unpaired) electrons. The molecular weight excluding hydrogens is 190 g/mol. The van der Waals surface area contributed by atoms with Crippen molar-refractivity contribution in [1.82, 2.24) is 9.91 Å². The maximum absolute atomic E-state index is 5.88. The zero-order valence-electron chi connectivity index (χ0n) is 9.98. The van der Waals surface area contributed by atoms with E-state index in [1.165, 1.54) is 0 Å². The summed E-state index contributed by atoms with van der Waals surface area (Å²) in [5.41, 5.74) is 5.88. The Bertz CT molecular complexity index is 218. The highest BCUT2D eigenvalue weighted by Gasteiger charge is 2.24. The van der Waals surface area contributed by atoms with Gasteiger partial charge in [-0.15, -0.1) is 0 Å². The number of nitrogens with two attached hydrogens (primary N) is 2. The monoisotopic (exact) mass is 213 g/mol. The average molecular weight is 213 g/mol. The molecule has 0 atom stereocenters. The van der Waals surface area contributed by atoms with Gasteiger partial charge in [-0.25, -0.2) is 5.84 Å². The molecule has 5 heteroatoms. The first-order valence-corrected chi connectivity index (χ1v) is 5.50. The minimum absolute atomic E-state index is 0.382. The minimum Gasteiger partial charge on any atom is -0.342 e. The molecule has 0 spiro atoms. The summed E-state index contributed by atoms with van der Waals surface area (Å²) in [5, 5.41) is 1.56. The quantitative estimate of drug-likeness (QED) is 0.278. The van der Waals surface area contributed by atoms with Crippen molar-refractivity contribution in [2.24, 2.45) is 16.6 Å². The zero-order chi connectivity index (χ0) is 11.4. The highest BCUT2D eigenvalue weighted by molar-refractivity contribution is 5.79. The molecular formula is C10H23N5. The molecule has 15 heavy (non-hydrogen) atoms. The van der Waals surface area contributed by atoms with Crippen molar-refractivity contribution in [2.75, 3.05) is 21.1 Å². The van der Waals surface area contributed by atoms with E-state index in [4.69, 9.17) is 11.6 Å². The summed E-state index contributed by atoms with van der Waals surface area (Å²) in [4.78, 5) is 6.35. The predicted molar refractivity (Wildman–Crippen MR) is 63.3 cm³/mol. The van der Waals surface area contributed by atoms with Crippen molar-refractivity contribution in [3.63, 3.8) is 0 Å². The lowest BCUT2D eigenvalue weighted by Crippen LogP contribution is -2.50. The summed E-state index contributed by atoms with van der Waals surface area (Å²) in [7, 11) is 5.63. The van der Waals surface area contributed by atoms with E-state index in [9.17, 15) is 0 Å². The van der Waals surface area contributed by atoms with Crippen molar-refractivity contribution in [1.29, 1.82) is 0 Å². The summed E-state index contributed by atoms with van der Waals surface area (Å²) in [5.74, 6) is 6.55. The van der Waals surface area contributed by atoms with E-state index < -0.39 is 0 Å². The van der Waals surface area contributed by atoms with Crippen LogP contribution in [-0.4, -0.2) is 49.1 Å². The van der Waals surface area contributed by atoms with Gasteiger partial charge in [0.15, 0.2) is 0 Å². The van der Waals surface area contributed by atoms with Gasteiger partial charge in [0.2, 0.25) is 5.96 Å². The Labute approximate surface area is 92.1 Å². The van der Waals surface area contributed by atoms with Crippen LogP contribution in [0.15, 0.2) is 4.99 Å². The molecule has 0 amide bonds. The number of rotatable bonds is 1. The highest BCUT2D eigenvalue weighted by Crippen LogP contribution is 2.21. The zero-order valence-corrected chi connectivity index (χ0v) is 9.98. The van der Waals surface area contributed by atoms with Gasteiger partial charge in [-0.2, -0.15) is 0 Å². The number of guanidine groups is 1. The smallest absolute Gasteiger partial charge is 0.210 e. The van der Waals surface area contributed by atoms with Crippen LogP contribution >= 0.6 is 0 Å². The van der Waals surface area contributed by atoms with Crippen molar-refractivity contribution in [2.45, 2.75) is 37.8 Å². The fraction of sp³-hybridized carbons (Fsp3) is 0.900. The van der Waals surface area contributed by atoms with Crippen molar-refractivity contribution in [3.8, 4) is 0 Å². The number of aliphatic imine (C=N–C) groups is 1. The molecule has 4 N–H and O–H groups in total. The fourth-order valence-electron chi connectivity index (χ4n) is 2.22. The Morgan fingerprint density at radius 3 is 2.13 bits per heavy atom. The molecule has 0 aliphatic heterocycles. The van der Waals surface area contributed by atoms with Crippen molar-refractivity contribution in [3.05, 3.63) is 0 Å². The summed E-state index contributed by atoms with van der Waals surface area (Å²) in [6.07, 6.45) is 4.45. The van der Waals surface area contributed by atoms with E-state index >= 15 is 0 Å². The van der Waals surface area contributed by atoms with Gasteiger partial charge in [-0.1, -0.05) is 0 Å². The third kappa shape index (κ3) is 3.07. The normalized spacial score (nSPS) is 27.7. The van der Waals surface area contributed by atoms with Crippen LogP contribution < -0.4 is 11.6 Å². The molecule has 88 valence electrons. The summed E-state index contributed by atoms with van der Waals surface area (Å²) >= 11 is 0. The topological polar surface area (TPSA) is 70.9 Å². The number of hydrogen-bond acceptors (Lipinski definition) is 3. The molecule has 1 aliphatic rings. The lowest BCUT2D eigenvalue weighted by atomic mass is 9.91. The minimum atomic E-state index is 0.382. The third-order valence-corrected chi connectivity index (χ3v) is 3.12. The predicted octanol–water partition coefficient (Wildman–Crippen LogP) is -0.0206. The number of hydrogen-bond donors (Lipinski definition) is 2. The van der Waals surface area contributed by atoms with Gasteiger partial charge in [0.25, 0.3) is 0 Å². The van der Waals surface area contributed by atoms with Gasteiger partial charge in [0.05, 0.1) is 0 Å². The number of nitrogens with zero attached hydrogens (tertiary/aromatic N) is 3. The van der Waals surface area contributed by atoms with Gasteiger partial charge >= 0.3 is 0 Å². The van der Waals surface area contributed by atoms with E-state index in [1.807, 2.05) is 14.1 Å². The largest absolute Gasteiger partial charge is 0.342 e. The van der Waals surface area contributed by atoms with Crippen molar-refractivity contribution < 1.29 is 0 Å². The van der Waals surface area contributed by atoms with E-state index in [-0.39, 0.29) is 0 Å². The first kappa shape index (κ1) is 12.3. The van der Waals surface area contributed by atoms with Crippen LogP contribution in [0, 0.1) is 0 Å². The molecule has 0 heterocycles. The standard InChI is InChI=1S/C10H23N5/c1-13-10(15(3)12)14(2)9-6-4-8(11)5-7-9/h8-9H,4-7,11-12H2,1-3H3/t8-,9+. The Morgan fingerprint density at radius 1 is 1.20 bits per heavy atom. The maximum Gasteiger partial charge on any atom is 0.210 e. The molecule has 1 aliphatic carbocycles. The van der Waals surface area contributed by atoms with Crippen LogP contribution in [0.3, 0.4) is 0 Å². The molecule has 1 fully saturated rings. The second kappa shape index (κ2) is 5.32. The Kier molecular flexibility index (Phi) is 4.35. The van der Waals surface area contributed by atoms with Crippen LogP contribution in [0.4, 0.5) is 0 Å². The number of hydrazine groups is 1. The molecule has 0 bridgehead atoms. The Hall–Kier alpha value is -0.810. The van der Waals surface area contributed by atoms with E-state index in [0.717, 1.165) is 31.6 Å². The molecule has 0 aromatic rings. The average Bonchev–Trinajstić information content (AvgIpc) is 2.19. The molecule has 0 unspecified atom stereocenters. The lowest BCUT2D eigenvalue weighted by Gasteiger charge is -2.36. The van der Waals surface area contributed by atoms with Gasteiger partial charge in [-0.05, 0) is 25.7 Å². The summed E-state index contributed by atoms with van der Waals surface area (Å²) in [6.45, 7) is 0. The van der Waals surface area contributed by atoms with Crippen LogP contribution in [0.1, 0.15) is 25.7 Å². The maximum atomic E-state index is 5.88. The van der Waals surface area contributed by atoms with Gasteiger partial charge < -0.3 is 10.6 Å². The second-order valence-electron chi connectivity index (χ2n) is 4.31. The van der Waals surface area contributed by atoms with Crippen LogP contribution in [0.2, 0.25) is 0 Å². The summed E-state index contributed by atoms with van der Waals surface area (Å²) in [6, 6.07) is 0.904. The van der Waals surface area contributed by atoms with E-state index in [1.54, 1.807) is 12.1 Å². The van der Waals surface area contributed by atoms with Crippen LogP contribution in [-0.2, 0) is 0 Å². The highest BCUT2D eigenvalue weighted by atomic mass is 15.5.